The quantitative estimate of drug-likeness (QED) is 0.307. The molecule has 0 saturated heterocycles. The van der Waals surface area contributed by atoms with Crippen LogP contribution in [0.4, 0.5) is 5.69 Å². The maximum atomic E-state index is 13.6. The highest BCUT2D eigenvalue weighted by Crippen LogP contribution is 2.31. The maximum Gasteiger partial charge on any atom is 0.282 e. The zero-order valence-corrected chi connectivity index (χ0v) is 18.5. The highest BCUT2D eigenvalue weighted by Gasteiger charge is 2.33. The predicted octanol–water partition coefficient (Wildman–Crippen LogP) is 6.75. The number of benzene rings is 4. The summed E-state index contributed by atoms with van der Waals surface area (Å²) < 4.78 is 0.894. The first-order valence-electron chi connectivity index (χ1n) is 10.1. The van der Waals surface area contributed by atoms with Crippen molar-refractivity contribution in [3.8, 4) is 0 Å². The van der Waals surface area contributed by atoms with Crippen LogP contribution in [0.2, 0.25) is 0 Å². The Morgan fingerprint density at radius 2 is 1.55 bits per heavy atom. The third kappa shape index (κ3) is 3.60. The van der Waals surface area contributed by atoms with Crippen LogP contribution in [0.25, 0.3) is 16.8 Å². The second-order valence-electron chi connectivity index (χ2n) is 7.49. The Balaban J connectivity index is 1.68. The van der Waals surface area contributed by atoms with Crippen molar-refractivity contribution in [3.63, 3.8) is 0 Å². The summed E-state index contributed by atoms with van der Waals surface area (Å²) in [6.45, 7) is 2.03. The molecule has 3 nitrogen and oxygen atoms in total. The first-order valence-corrected chi connectivity index (χ1v) is 10.9. The highest BCUT2D eigenvalue weighted by atomic mass is 79.9. The van der Waals surface area contributed by atoms with Gasteiger partial charge in [0.1, 0.15) is 11.5 Å². The first kappa shape index (κ1) is 19.5. The number of amidine groups is 1. The van der Waals surface area contributed by atoms with Gasteiger partial charge < -0.3 is 0 Å². The fourth-order valence-electron chi connectivity index (χ4n) is 3.80. The second-order valence-corrected chi connectivity index (χ2v) is 8.34. The van der Waals surface area contributed by atoms with E-state index >= 15 is 0 Å². The number of carbonyl (C=O) groups is 1. The van der Waals surface area contributed by atoms with Crippen LogP contribution in [0.1, 0.15) is 16.7 Å². The van der Waals surface area contributed by atoms with E-state index < -0.39 is 0 Å². The van der Waals surface area contributed by atoms with E-state index in [9.17, 15) is 4.79 Å². The molecule has 1 amide bonds. The van der Waals surface area contributed by atoms with Crippen LogP contribution in [0, 0.1) is 6.92 Å². The molecular weight excluding hydrogens is 448 g/mol. The number of carbonyl (C=O) groups excluding carboxylic acids is 1. The van der Waals surface area contributed by atoms with Crippen molar-refractivity contribution in [3.05, 3.63) is 118 Å². The number of amides is 1. The van der Waals surface area contributed by atoms with Crippen LogP contribution in [-0.2, 0) is 4.79 Å². The summed E-state index contributed by atoms with van der Waals surface area (Å²) >= 11 is 3.62. The summed E-state index contributed by atoms with van der Waals surface area (Å²) in [6, 6.07) is 30.0. The van der Waals surface area contributed by atoms with Gasteiger partial charge in [0.25, 0.3) is 5.91 Å². The largest absolute Gasteiger partial charge is 0.282 e. The molecule has 1 aliphatic rings. The van der Waals surface area contributed by atoms with Gasteiger partial charge in [-0.1, -0.05) is 94.3 Å². The molecule has 1 heterocycles. The van der Waals surface area contributed by atoms with E-state index in [0.29, 0.717) is 11.5 Å². The zero-order valence-electron chi connectivity index (χ0n) is 16.9. The Labute approximate surface area is 189 Å². The molecule has 1 aliphatic heterocycles. The van der Waals surface area contributed by atoms with Crippen LogP contribution >= 0.6 is 15.9 Å². The van der Waals surface area contributed by atoms with Gasteiger partial charge in [-0.2, -0.15) is 0 Å². The average Bonchev–Trinajstić information content (AvgIpc) is 3.11. The fraction of sp³-hybridized carbons (Fsp3) is 0.0370. The summed E-state index contributed by atoms with van der Waals surface area (Å²) in [5.74, 6) is 0.482. The molecule has 31 heavy (non-hydrogen) atoms. The molecule has 4 aromatic rings. The van der Waals surface area contributed by atoms with Crippen LogP contribution in [-0.4, -0.2) is 11.7 Å². The smallest absolute Gasteiger partial charge is 0.266 e. The molecule has 150 valence electrons. The van der Waals surface area contributed by atoms with Gasteiger partial charge in [-0.3, -0.25) is 9.69 Å². The standard InChI is InChI=1S/C27H19BrN2O/c1-18-13-15-21(16-14-18)30-26(23-11-4-5-12-24(23)28)29-25(27(30)31)17-20-9-6-8-19-7-2-3-10-22(19)20/h2-17H,1H3/b25-17+. The monoisotopic (exact) mass is 466 g/mol. The Morgan fingerprint density at radius 1 is 0.839 bits per heavy atom. The lowest BCUT2D eigenvalue weighted by atomic mass is 10.0. The number of anilines is 1. The Kier molecular flexibility index (Phi) is 5.00. The third-order valence-corrected chi connectivity index (χ3v) is 6.07. The van der Waals surface area contributed by atoms with Gasteiger partial charge in [0, 0.05) is 10.0 Å². The van der Waals surface area contributed by atoms with E-state index in [0.717, 1.165) is 37.6 Å². The normalized spacial score (nSPS) is 15.0. The van der Waals surface area contributed by atoms with Crippen molar-refractivity contribution in [1.29, 1.82) is 0 Å². The number of hydrogen-bond donors (Lipinski definition) is 0. The van der Waals surface area contributed by atoms with Gasteiger partial charge in [-0.25, -0.2) is 4.99 Å². The molecule has 5 rings (SSSR count). The van der Waals surface area contributed by atoms with Crippen molar-refractivity contribution < 1.29 is 4.79 Å². The van der Waals surface area contributed by atoms with E-state index in [1.807, 2.05) is 85.8 Å². The maximum absolute atomic E-state index is 13.6. The van der Waals surface area contributed by atoms with E-state index in [-0.39, 0.29) is 5.91 Å². The lowest BCUT2D eigenvalue weighted by molar-refractivity contribution is -0.113. The minimum atomic E-state index is -0.137. The molecule has 0 atom stereocenters. The first-order chi connectivity index (χ1) is 15.1. The fourth-order valence-corrected chi connectivity index (χ4v) is 4.26. The summed E-state index contributed by atoms with van der Waals surface area (Å²) in [7, 11) is 0. The average molecular weight is 467 g/mol. The van der Waals surface area contributed by atoms with E-state index in [2.05, 4.69) is 34.1 Å². The van der Waals surface area contributed by atoms with Gasteiger partial charge >= 0.3 is 0 Å². The van der Waals surface area contributed by atoms with Crippen molar-refractivity contribution in [2.75, 3.05) is 4.90 Å². The van der Waals surface area contributed by atoms with Crippen molar-refractivity contribution in [2.45, 2.75) is 6.92 Å². The van der Waals surface area contributed by atoms with Crippen LogP contribution in [0.5, 0.6) is 0 Å². The third-order valence-electron chi connectivity index (χ3n) is 5.38. The number of halogens is 1. The summed E-state index contributed by atoms with van der Waals surface area (Å²) in [5.41, 5.74) is 4.20. The molecule has 0 bridgehead atoms. The SMILES string of the molecule is Cc1ccc(N2C(=O)/C(=C\c3cccc4ccccc34)N=C2c2ccccc2Br)cc1. The number of rotatable bonds is 3. The van der Waals surface area contributed by atoms with Gasteiger partial charge in [-0.05, 0) is 47.5 Å². The topological polar surface area (TPSA) is 32.7 Å². The highest BCUT2D eigenvalue weighted by molar-refractivity contribution is 9.10. The molecule has 0 unspecified atom stereocenters. The van der Waals surface area contributed by atoms with Crippen LogP contribution in [0.3, 0.4) is 0 Å². The molecule has 0 aliphatic carbocycles. The van der Waals surface area contributed by atoms with E-state index in [1.54, 1.807) is 4.90 Å². The Hall–Kier alpha value is -3.50. The number of aliphatic imine (C=N–C) groups is 1. The summed E-state index contributed by atoms with van der Waals surface area (Å²) in [5, 5.41) is 2.23. The van der Waals surface area contributed by atoms with Crippen molar-refractivity contribution in [1.82, 2.24) is 0 Å². The van der Waals surface area contributed by atoms with Gasteiger partial charge in [0.15, 0.2) is 0 Å². The molecule has 0 fully saturated rings. The minimum Gasteiger partial charge on any atom is -0.266 e. The molecule has 0 aromatic heterocycles. The molecule has 4 heteroatoms. The number of aryl methyl sites for hydroxylation is 1. The zero-order chi connectivity index (χ0) is 21.4. The van der Waals surface area contributed by atoms with Crippen molar-refractivity contribution >= 4 is 50.2 Å². The van der Waals surface area contributed by atoms with Crippen LogP contribution in [0.15, 0.2) is 106 Å². The number of hydrogen-bond acceptors (Lipinski definition) is 2. The van der Waals surface area contributed by atoms with Gasteiger partial charge in [-0.15, -0.1) is 0 Å². The Morgan fingerprint density at radius 3 is 2.35 bits per heavy atom. The number of nitrogens with zero attached hydrogens (tertiary/aromatic N) is 2. The van der Waals surface area contributed by atoms with Crippen LogP contribution < -0.4 is 4.90 Å². The molecule has 4 aromatic carbocycles. The molecule has 0 saturated carbocycles. The lowest BCUT2D eigenvalue weighted by Crippen LogP contribution is -2.32. The number of fused-ring (bicyclic) bond motifs is 1. The molecule has 0 radical (unpaired) electrons. The Bertz CT molecular complexity index is 1360. The molecule has 0 spiro atoms. The van der Waals surface area contributed by atoms with E-state index in [1.165, 1.54) is 0 Å². The summed E-state index contributed by atoms with van der Waals surface area (Å²) in [4.78, 5) is 20.1. The molecule has 0 N–H and O–H groups in total. The van der Waals surface area contributed by atoms with Gasteiger partial charge in [0.05, 0.1) is 5.69 Å². The van der Waals surface area contributed by atoms with E-state index in [4.69, 9.17) is 4.99 Å². The van der Waals surface area contributed by atoms with Gasteiger partial charge in [0.2, 0.25) is 0 Å². The summed E-state index contributed by atoms with van der Waals surface area (Å²) in [6.07, 6.45) is 1.88. The molecular formula is C27H19BrN2O. The second kappa shape index (κ2) is 7.97. The predicted molar refractivity (Wildman–Crippen MR) is 131 cm³/mol. The lowest BCUT2D eigenvalue weighted by Gasteiger charge is -2.19. The minimum absolute atomic E-state index is 0.137. The van der Waals surface area contributed by atoms with Crippen molar-refractivity contribution in [2.24, 2.45) is 4.99 Å².